The largest absolute Gasteiger partial charge is 0.396 e. The minimum absolute atomic E-state index is 0.0469. The van der Waals surface area contributed by atoms with E-state index in [1.807, 2.05) is 20.8 Å². The van der Waals surface area contributed by atoms with Crippen LogP contribution in [-0.2, 0) is 4.79 Å². The van der Waals surface area contributed by atoms with Gasteiger partial charge < -0.3 is 15.7 Å². The molecule has 0 aromatic carbocycles. The Bertz CT molecular complexity index is 245. The number of piperidine rings is 1. The van der Waals surface area contributed by atoms with E-state index in [-0.39, 0.29) is 18.1 Å². The molecule has 94 valence electrons. The van der Waals surface area contributed by atoms with Gasteiger partial charge in [0.2, 0.25) is 5.91 Å². The van der Waals surface area contributed by atoms with Crippen LogP contribution >= 0.6 is 0 Å². The summed E-state index contributed by atoms with van der Waals surface area (Å²) in [5.41, 5.74) is -0.779. The minimum Gasteiger partial charge on any atom is -0.396 e. The second kappa shape index (κ2) is 5.15. The smallest absolute Gasteiger partial charge is 0.240 e. The Labute approximate surface area is 97.8 Å². The van der Waals surface area contributed by atoms with E-state index >= 15 is 0 Å². The molecule has 0 radical (unpaired) electrons. The summed E-state index contributed by atoms with van der Waals surface area (Å²) in [5, 5.41) is 15.2. The van der Waals surface area contributed by atoms with Crippen molar-refractivity contribution in [1.82, 2.24) is 10.6 Å². The van der Waals surface area contributed by atoms with Gasteiger partial charge in [0.1, 0.15) is 0 Å². The summed E-state index contributed by atoms with van der Waals surface area (Å²) in [5.74, 6) is 0.0469. The highest BCUT2D eigenvalue weighted by atomic mass is 16.3. The summed E-state index contributed by atoms with van der Waals surface area (Å²) < 4.78 is 0. The first-order valence-electron chi connectivity index (χ1n) is 6.08. The standard InChI is InChI=1S/C12H24N2O2/c1-11(2,7-9-15)14-10(16)12(3)6-4-5-8-13-12/h13,15H,4-9H2,1-3H3,(H,14,16). The van der Waals surface area contributed by atoms with Crippen molar-refractivity contribution in [3.8, 4) is 0 Å². The summed E-state index contributed by atoms with van der Waals surface area (Å²) in [6.07, 6.45) is 3.70. The van der Waals surface area contributed by atoms with Crippen molar-refractivity contribution in [3.63, 3.8) is 0 Å². The van der Waals surface area contributed by atoms with Crippen molar-refractivity contribution in [1.29, 1.82) is 0 Å². The van der Waals surface area contributed by atoms with Gasteiger partial charge in [-0.05, 0) is 53.0 Å². The molecule has 1 amide bonds. The molecular weight excluding hydrogens is 204 g/mol. The lowest BCUT2D eigenvalue weighted by Crippen LogP contribution is -2.60. The predicted molar refractivity (Wildman–Crippen MR) is 64.2 cm³/mol. The molecule has 0 spiro atoms. The zero-order valence-corrected chi connectivity index (χ0v) is 10.6. The van der Waals surface area contributed by atoms with Crippen LogP contribution < -0.4 is 10.6 Å². The summed E-state index contributed by atoms with van der Waals surface area (Å²) in [7, 11) is 0. The zero-order valence-electron chi connectivity index (χ0n) is 10.6. The van der Waals surface area contributed by atoms with Gasteiger partial charge in [0.15, 0.2) is 0 Å². The molecule has 0 bridgehead atoms. The number of nitrogens with one attached hydrogen (secondary N) is 2. The normalized spacial score (nSPS) is 26.5. The van der Waals surface area contributed by atoms with Crippen LogP contribution in [0.1, 0.15) is 46.5 Å². The second-order valence-electron chi connectivity index (χ2n) is 5.53. The van der Waals surface area contributed by atoms with E-state index in [0.717, 1.165) is 25.8 Å². The third kappa shape index (κ3) is 3.46. The van der Waals surface area contributed by atoms with Gasteiger partial charge in [-0.15, -0.1) is 0 Å². The fourth-order valence-corrected chi connectivity index (χ4v) is 2.04. The monoisotopic (exact) mass is 228 g/mol. The minimum atomic E-state index is -0.440. The molecule has 1 aliphatic rings. The molecule has 3 N–H and O–H groups in total. The van der Waals surface area contributed by atoms with E-state index in [9.17, 15) is 4.79 Å². The van der Waals surface area contributed by atoms with Crippen LogP contribution in [0.2, 0.25) is 0 Å². The highest BCUT2D eigenvalue weighted by Crippen LogP contribution is 2.20. The van der Waals surface area contributed by atoms with Crippen LogP contribution in [0.5, 0.6) is 0 Å². The third-order valence-electron chi connectivity index (χ3n) is 3.31. The molecule has 0 aromatic heterocycles. The van der Waals surface area contributed by atoms with Crippen molar-refractivity contribution in [2.24, 2.45) is 0 Å². The molecule has 1 saturated heterocycles. The Morgan fingerprint density at radius 2 is 2.19 bits per heavy atom. The van der Waals surface area contributed by atoms with Crippen molar-refractivity contribution in [2.75, 3.05) is 13.2 Å². The zero-order chi connectivity index (χ0) is 12.2. The van der Waals surface area contributed by atoms with E-state index in [0.29, 0.717) is 6.42 Å². The van der Waals surface area contributed by atoms with Crippen LogP contribution in [0.25, 0.3) is 0 Å². The third-order valence-corrected chi connectivity index (χ3v) is 3.31. The lowest BCUT2D eigenvalue weighted by molar-refractivity contribution is -0.129. The molecule has 4 nitrogen and oxygen atoms in total. The fraction of sp³-hybridized carbons (Fsp3) is 0.917. The first-order valence-corrected chi connectivity index (χ1v) is 6.08. The van der Waals surface area contributed by atoms with Crippen molar-refractivity contribution in [2.45, 2.75) is 57.5 Å². The van der Waals surface area contributed by atoms with E-state index in [1.165, 1.54) is 0 Å². The average molecular weight is 228 g/mol. The summed E-state index contributed by atoms with van der Waals surface area (Å²) in [4.78, 5) is 12.2. The Kier molecular flexibility index (Phi) is 4.33. The van der Waals surface area contributed by atoms with Gasteiger partial charge in [0, 0.05) is 12.1 Å². The number of amides is 1. The van der Waals surface area contributed by atoms with E-state index < -0.39 is 5.54 Å². The number of carbonyl (C=O) groups is 1. The maximum atomic E-state index is 12.2. The van der Waals surface area contributed by atoms with Crippen molar-refractivity contribution in [3.05, 3.63) is 0 Å². The number of hydrogen-bond donors (Lipinski definition) is 3. The number of hydrogen-bond acceptors (Lipinski definition) is 3. The molecular formula is C12H24N2O2. The maximum Gasteiger partial charge on any atom is 0.240 e. The Balaban J connectivity index is 2.56. The Morgan fingerprint density at radius 3 is 2.69 bits per heavy atom. The molecule has 1 rings (SSSR count). The predicted octanol–water partition coefficient (Wildman–Crippen LogP) is 0.796. The molecule has 1 unspecified atom stereocenters. The quantitative estimate of drug-likeness (QED) is 0.667. The highest BCUT2D eigenvalue weighted by Gasteiger charge is 2.36. The number of aliphatic hydroxyl groups is 1. The van der Waals surface area contributed by atoms with Gasteiger partial charge in [-0.1, -0.05) is 0 Å². The molecule has 0 aliphatic carbocycles. The van der Waals surface area contributed by atoms with Crippen LogP contribution in [-0.4, -0.2) is 35.2 Å². The van der Waals surface area contributed by atoms with Gasteiger partial charge in [-0.25, -0.2) is 0 Å². The maximum absolute atomic E-state index is 12.2. The lowest BCUT2D eigenvalue weighted by Gasteiger charge is -2.37. The molecule has 1 heterocycles. The van der Waals surface area contributed by atoms with E-state index in [1.54, 1.807) is 0 Å². The van der Waals surface area contributed by atoms with Gasteiger partial charge in [-0.2, -0.15) is 0 Å². The van der Waals surface area contributed by atoms with Crippen molar-refractivity contribution >= 4 is 5.91 Å². The van der Waals surface area contributed by atoms with Crippen molar-refractivity contribution < 1.29 is 9.90 Å². The Morgan fingerprint density at radius 1 is 1.50 bits per heavy atom. The summed E-state index contributed by atoms with van der Waals surface area (Å²) in [6, 6.07) is 0. The molecule has 0 saturated carbocycles. The molecule has 16 heavy (non-hydrogen) atoms. The second-order valence-corrected chi connectivity index (χ2v) is 5.53. The summed E-state index contributed by atoms with van der Waals surface area (Å²) >= 11 is 0. The number of carbonyl (C=O) groups excluding carboxylic acids is 1. The Hall–Kier alpha value is -0.610. The molecule has 0 aromatic rings. The van der Waals surface area contributed by atoms with Crippen LogP contribution in [0, 0.1) is 0 Å². The fourth-order valence-electron chi connectivity index (χ4n) is 2.04. The first-order chi connectivity index (χ1) is 7.40. The topological polar surface area (TPSA) is 61.4 Å². The van der Waals surface area contributed by atoms with Gasteiger partial charge in [0.25, 0.3) is 0 Å². The molecule has 1 aliphatic heterocycles. The van der Waals surface area contributed by atoms with Gasteiger partial charge >= 0.3 is 0 Å². The van der Waals surface area contributed by atoms with Gasteiger partial charge in [-0.3, -0.25) is 4.79 Å². The lowest BCUT2D eigenvalue weighted by atomic mass is 9.88. The SMILES string of the molecule is CC(C)(CCO)NC(=O)C1(C)CCCCN1. The van der Waals surface area contributed by atoms with Crippen LogP contribution in [0.15, 0.2) is 0 Å². The highest BCUT2D eigenvalue weighted by molar-refractivity contribution is 5.86. The van der Waals surface area contributed by atoms with Gasteiger partial charge in [0.05, 0.1) is 5.54 Å². The molecule has 1 fully saturated rings. The number of aliphatic hydroxyl groups excluding tert-OH is 1. The molecule has 1 atom stereocenters. The summed E-state index contributed by atoms with van der Waals surface area (Å²) in [6.45, 7) is 6.83. The average Bonchev–Trinajstić information content (AvgIpc) is 2.17. The van der Waals surface area contributed by atoms with Crippen LogP contribution in [0.4, 0.5) is 0 Å². The van der Waals surface area contributed by atoms with E-state index in [2.05, 4.69) is 10.6 Å². The first kappa shape index (κ1) is 13.5. The van der Waals surface area contributed by atoms with E-state index in [4.69, 9.17) is 5.11 Å². The van der Waals surface area contributed by atoms with Crippen LogP contribution in [0.3, 0.4) is 0 Å². The molecule has 4 heteroatoms. The number of rotatable bonds is 4.